The Kier molecular flexibility index (Phi) is 6.18. The molecule has 0 atom stereocenters. The summed E-state index contributed by atoms with van der Waals surface area (Å²) in [6, 6.07) is 9.27. The summed E-state index contributed by atoms with van der Waals surface area (Å²) in [5.41, 5.74) is 0.668. The highest BCUT2D eigenvalue weighted by atomic mass is 32.2. The minimum absolute atomic E-state index is 0.0183. The van der Waals surface area contributed by atoms with Crippen LogP contribution in [-0.4, -0.2) is 21.4 Å². The van der Waals surface area contributed by atoms with Gasteiger partial charge in [-0.05, 0) is 55.3 Å². The SMILES string of the molecule is COc1ccc(NC(=O)C2CCCCC2)cc1NS(=O)(=O)c1ccc(F)cc1. The molecule has 3 rings (SSSR count). The number of sulfonamides is 1. The van der Waals surface area contributed by atoms with Crippen molar-refractivity contribution in [2.75, 3.05) is 17.1 Å². The van der Waals surface area contributed by atoms with Gasteiger partial charge in [-0.25, -0.2) is 12.8 Å². The maximum atomic E-state index is 13.1. The standard InChI is InChI=1S/C20H23FN2O4S/c1-27-19-12-9-16(22-20(24)14-5-3-2-4-6-14)13-18(19)23-28(25,26)17-10-7-15(21)8-11-17/h7-14,23H,2-6H2,1H3,(H,22,24). The van der Waals surface area contributed by atoms with E-state index in [9.17, 15) is 17.6 Å². The van der Waals surface area contributed by atoms with Gasteiger partial charge in [-0.3, -0.25) is 9.52 Å². The van der Waals surface area contributed by atoms with Crippen LogP contribution >= 0.6 is 0 Å². The van der Waals surface area contributed by atoms with Gasteiger partial charge in [-0.15, -0.1) is 0 Å². The molecule has 0 aromatic heterocycles. The van der Waals surface area contributed by atoms with E-state index < -0.39 is 15.8 Å². The maximum absolute atomic E-state index is 13.1. The van der Waals surface area contributed by atoms with E-state index in [4.69, 9.17) is 4.74 Å². The predicted octanol–water partition coefficient (Wildman–Crippen LogP) is 4.15. The van der Waals surface area contributed by atoms with Gasteiger partial charge in [-0.1, -0.05) is 19.3 Å². The van der Waals surface area contributed by atoms with Gasteiger partial charge >= 0.3 is 0 Å². The first-order chi connectivity index (χ1) is 13.4. The van der Waals surface area contributed by atoms with Crippen molar-refractivity contribution in [2.45, 2.75) is 37.0 Å². The van der Waals surface area contributed by atoms with E-state index in [0.717, 1.165) is 44.2 Å². The van der Waals surface area contributed by atoms with Crippen LogP contribution < -0.4 is 14.8 Å². The van der Waals surface area contributed by atoms with Crippen molar-refractivity contribution in [1.82, 2.24) is 0 Å². The first kappa shape index (κ1) is 20.1. The smallest absolute Gasteiger partial charge is 0.262 e. The summed E-state index contributed by atoms with van der Waals surface area (Å²) in [4.78, 5) is 12.4. The summed E-state index contributed by atoms with van der Waals surface area (Å²) in [5, 5.41) is 2.86. The van der Waals surface area contributed by atoms with Crippen molar-refractivity contribution in [3.05, 3.63) is 48.3 Å². The van der Waals surface area contributed by atoms with Crippen LogP contribution in [0.1, 0.15) is 32.1 Å². The Hall–Kier alpha value is -2.61. The normalized spacial score (nSPS) is 15.1. The van der Waals surface area contributed by atoms with Gasteiger partial charge in [0, 0.05) is 11.6 Å². The zero-order chi connectivity index (χ0) is 20.1. The van der Waals surface area contributed by atoms with Gasteiger partial charge in [0.25, 0.3) is 10.0 Å². The molecule has 0 spiro atoms. The monoisotopic (exact) mass is 406 g/mol. The lowest BCUT2D eigenvalue weighted by atomic mass is 9.88. The number of carbonyl (C=O) groups is 1. The molecule has 0 unspecified atom stereocenters. The van der Waals surface area contributed by atoms with Crippen LogP contribution in [0.2, 0.25) is 0 Å². The highest BCUT2D eigenvalue weighted by Crippen LogP contribution is 2.31. The van der Waals surface area contributed by atoms with Gasteiger partial charge in [-0.2, -0.15) is 0 Å². The number of rotatable bonds is 6. The second-order valence-electron chi connectivity index (χ2n) is 6.80. The van der Waals surface area contributed by atoms with Crippen molar-refractivity contribution >= 4 is 27.3 Å². The van der Waals surface area contributed by atoms with Gasteiger partial charge in [0.1, 0.15) is 11.6 Å². The number of amides is 1. The van der Waals surface area contributed by atoms with E-state index in [0.29, 0.717) is 11.4 Å². The number of ether oxygens (including phenoxy) is 1. The molecule has 1 amide bonds. The molecule has 150 valence electrons. The molecule has 1 aliphatic rings. The van der Waals surface area contributed by atoms with Crippen molar-refractivity contribution in [2.24, 2.45) is 5.92 Å². The van der Waals surface area contributed by atoms with Crippen LogP contribution in [-0.2, 0) is 14.8 Å². The lowest BCUT2D eigenvalue weighted by Gasteiger charge is -2.21. The van der Waals surface area contributed by atoms with Crippen molar-refractivity contribution in [3.63, 3.8) is 0 Å². The molecule has 0 bridgehead atoms. The Morgan fingerprint density at radius 2 is 1.75 bits per heavy atom. The number of hydrogen-bond acceptors (Lipinski definition) is 4. The first-order valence-corrected chi connectivity index (χ1v) is 10.6. The molecular formula is C20H23FN2O4S. The van der Waals surface area contributed by atoms with Crippen LogP contribution in [0.5, 0.6) is 5.75 Å². The van der Waals surface area contributed by atoms with Crippen LogP contribution in [0.3, 0.4) is 0 Å². The third-order valence-electron chi connectivity index (χ3n) is 4.81. The van der Waals surface area contributed by atoms with Crippen molar-refractivity contribution in [1.29, 1.82) is 0 Å². The molecule has 0 saturated heterocycles. The number of anilines is 2. The number of nitrogens with one attached hydrogen (secondary N) is 2. The molecule has 28 heavy (non-hydrogen) atoms. The molecule has 2 aromatic rings. The summed E-state index contributed by atoms with van der Waals surface area (Å²) in [6.07, 6.45) is 4.98. The number of methoxy groups -OCH3 is 1. The van der Waals surface area contributed by atoms with E-state index in [-0.39, 0.29) is 22.4 Å². The van der Waals surface area contributed by atoms with E-state index in [1.165, 1.54) is 25.3 Å². The third-order valence-corrected chi connectivity index (χ3v) is 6.19. The largest absolute Gasteiger partial charge is 0.495 e. The Morgan fingerprint density at radius 3 is 2.39 bits per heavy atom. The Morgan fingerprint density at radius 1 is 1.07 bits per heavy atom. The quantitative estimate of drug-likeness (QED) is 0.755. The number of halogens is 1. The summed E-state index contributed by atoms with van der Waals surface area (Å²) in [6.45, 7) is 0. The van der Waals surface area contributed by atoms with E-state index in [1.807, 2.05) is 0 Å². The van der Waals surface area contributed by atoms with Crippen LogP contribution in [0.15, 0.2) is 47.4 Å². The molecule has 0 heterocycles. The highest BCUT2D eigenvalue weighted by molar-refractivity contribution is 7.92. The average molecular weight is 406 g/mol. The van der Waals surface area contributed by atoms with Gasteiger partial charge in [0.15, 0.2) is 0 Å². The van der Waals surface area contributed by atoms with Crippen LogP contribution in [0.4, 0.5) is 15.8 Å². The fraction of sp³-hybridized carbons (Fsp3) is 0.350. The minimum Gasteiger partial charge on any atom is -0.495 e. The molecule has 1 saturated carbocycles. The van der Waals surface area contributed by atoms with Gasteiger partial charge in [0.2, 0.25) is 5.91 Å². The van der Waals surface area contributed by atoms with Crippen LogP contribution in [0.25, 0.3) is 0 Å². The molecule has 8 heteroatoms. The molecule has 2 aromatic carbocycles. The Balaban J connectivity index is 1.80. The summed E-state index contributed by atoms with van der Waals surface area (Å²) in [7, 11) is -2.52. The second-order valence-corrected chi connectivity index (χ2v) is 8.48. The summed E-state index contributed by atoms with van der Waals surface area (Å²) >= 11 is 0. The van der Waals surface area contributed by atoms with E-state index >= 15 is 0 Å². The van der Waals surface area contributed by atoms with Gasteiger partial charge in [0.05, 0.1) is 17.7 Å². The van der Waals surface area contributed by atoms with E-state index in [2.05, 4.69) is 10.0 Å². The fourth-order valence-corrected chi connectivity index (χ4v) is 4.35. The first-order valence-electron chi connectivity index (χ1n) is 9.16. The Labute approximate surface area is 164 Å². The minimum atomic E-state index is -3.94. The van der Waals surface area contributed by atoms with Crippen LogP contribution in [0, 0.1) is 11.7 Å². The molecule has 0 aliphatic heterocycles. The predicted molar refractivity (Wildman–Crippen MR) is 105 cm³/mol. The zero-order valence-corrected chi connectivity index (χ0v) is 16.4. The summed E-state index contributed by atoms with van der Waals surface area (Å²) in [5.74, 6) is -0.294. The topological polar surface area (TPSA) is 84.5 Å². The van der Waals surface area contributed by atoms with Crippen molar-refractivity contribution in [3.8, 4) is 5.75 Å². The third kappa shape index (κ3) is 4.81. The fourth-order valence-electron chi connectivity index (χ4n) is 3.29. The van der Waals surface area contributed by atoms with Gasteiger partial charge < -0.3 is 10.1 Å². The van der Waals surface area contributed by atoms with Crippen molar-refractivity contribution < 1.29 is 22.3 Å². The molecule has 0 radical (unpaired) electrons. The lowest BCUT2D eigenvalue weighted by molar-refractivity contribution is -0.120. The second kappa shape index (κ2) is 8.60. The molecular weight excluding hydrogens is 383 g/mol. The average Bonchev–Trinajstić information content (AvgIpc) is 2.69. The number of benzene rings is 2. The number of carbonyl (C=O) groups excluding carboxylic acids is 1. The maximum Gasteiger partial charge on any atom is 0.262 e. The lowest BCUT2D eigenvalue weighted by Crippen LogP contribution is -2.24. The molecule has 1 aliphatic carbocycles. The number of hydrogen-bond donors (Lipinski definition) is 2. The zero-order valence-electron chi connectivity index (χ0n) is 15.6. The molecule has 2 N–H and O–H groups in total. The summed E-state index contributed by atoms with van der Waals surface area (Å²) < 4.78 is 45.9. The highest BCUT2D eigenvalue weighted by Gasteiger charge is 2.22. The molecule has 6 nitrogen and oxygen atoms in total. The Bertz CT molecular complexity index is 939. The van der Waals surface area contributed by atoms with E-state index in [1.54, 1.807) is 12.1 Å². The molecule has 1 fully saturated rings.